The molecular weight excluding hydrogens is 196 g/mol. The van der Waals surface area contributed by atoms with Gasteiger partial charge in [-0.1, -0.05) is 33.1 Å². The fraction of sp³-hybridized carbons (Fsp3) is 0.643. The molecule has 0 saturated carbocycles. The predicted octanol–water partition coefficient (Wildman–Crippen LogP) is 3.70. The summed E-state index contributed by atoms with van der Waals surface area (Å²) in [6.45, 7) is 5.56. The van der Waals surface area contributed by atoms with Crippen molar-refractivity contribution in [1.29, 1.82) is 0 Å². The third kappa shape index (κ3) is 4.75. The fourth-order valence-corrected chi connectivity index (χ4v) is 1.90. The van der Waals surface area contributed by atoms with Crippen molar-refractivity contribution in [3.63, 3.8) is 0 Å². The second kappa shape index (κ2) is 8.28. The van der Waals surface area contributed by atoms with Crippen LogP contribution in [0, 0.1) is 0 Å². The Hall–Kier alpha value is -0.890. The zero-order chi connectivity index (χ0) is 11.6. The molecule has 1 N–H and O–H groups in total. The van der Waals surface area contributed by atoms with Crippen molar-refractivity contribution >= 4 is 0 Å². The zero-order valence-corrected chi connectivity index (χ0v) is 10.6. The number of hydrogen-bond acceptors (Lipinski definition) is 2. The lowest BCUT2D eigenvalue weighted by Crippen LogP contribution is -2.22. The third-order valence-electron chi connectivity index (χ3n) is 2.85. The molecule has 0 aliphatic rings. The first kappa shape index (κ1) is 13.2. The number of nitrogens with one attached hydrogen (secondary N) is 1. The Kier molecular flexibility index (Phi) is 6.82. The van der Waals surface area contributed by atoms with Gasteiger partial charge in [0.2, 0.25) is 0 Å². The van der Waals surface area contributed by atoms with Crippen molar-refractivity contribution in [3.8, 4) is 0 Å². The van der Waals surface area contributed by atoms with Gasteiger partial charge in [0, 0.05) is 18.4 Å². The molecule has 1 aromatic rings. The highest BCUT2D eigenvalue weighted by Gasteiger charge is 2.09. The summed E-state index contributed by atoms with van der Waals surface area (Å²) >= 11 is 0. The summed E-state index contributed by atoms with van der Waals surface area (Å²) in [5.41, 5.74) is 1.37. The van der Waals surface area contributed by atoms with Crippen LogP contribution in [-0.2, 0) is 0 Å². The van der Waals surface area contributed by atoms with E-state index in [9.17, 15) is 0 Å². The molecule has 0 aromatic carbocycles. The maximum absolute atomic E-state index is 4.08. The van der Waals surface area contributed by atoms with E-state index in [1.807, 2.05) is 12.4 Å². The molecule has 0 fully saturated rings. The highest BCUT2D eigenvalue weighted by atomic mass is 14.9. The molecule has 0 aliphatic carbocycles. The first-order valence-corrected chi connectivity index (χ1v) is 6.51. The zero-order valence-electron chi connectivity index (χ0n) is 10.6. The Morgan fingerprint density at radius 3 is 2.50 bits per heavy atom. The molecule has 0 radical (unpaired) electrons. The van der Waals surface area contributed by atoms with Crippen molar-refractivity contribution < 1.29 is 0 Å². The van der Waals surface area contributed by atoms with Crippen LogP contribution in [0.1, 0.15) is 57.6 Å². The molecule has 16 heavy (non-hydrogen) atoms. The normalized spacial score (nSPS) is 12.6. The van der Waals surface area contributed by atoms with Gasteiger partial charge >= 0.3 is 0 Å². The molecule has 1 rings (SSSR count). The van der Waals surface area contributed by atoms with Crippen LogP contribution in [0.25, 0.3) is 0 Å². The highest BCUT2D eigenvalue weighted by Crippen LogP contribution is 2.19. The van der Waals surface area contributed by atoms with Crippen molar-refractivity contribution in [2.24, 2.45) is 0 Å². The van der Waals surface area contributed by atoms with Crippen LogP contribution in [0.5, 0.6) is 0 Å². The molecule has 1 atom stereocenters. The fourth-order valence-electron chi connectivity index (χ4n) is 1.90. The third-order valence-corrected chi connectivity index (χ3v) is 2.85. The summed E-state index contributed by atoms with van der Waals surface area (Å²) in [4.78, 5) is 4.08. The van der Waals surface area contributed by atoms with E-state index in [4.69, 9.17) is 0 Å². The number of unbranched alkanes of at least 4 members (excludes halogenated alkanes) is 2. The van der Waals surface area contributed by atoms with Crippen molar-refractivity contribution in [2.45, 2.75) is 52.0 Å². The maximum atomic E-state index is 4.08. The number of pyridine rings is 1. The standard InChI is InChI=1S/C14H24N2/c1-3-5-6-7-14(16-10-4-2)13-8-11-15-12-9-13/h8-9,11-12,14,16H,3-7,10H2,1-2H3. The number of rotatable bonds is 8. The summed E-state index contributed by atoms with van der Waals surface area (Å²) in [5.74, 6) is 0. The lowest BCUT2D eigenvalue weighted by Gasteiger charge is -2.18. The van der Waals surface area contributed by atoms with Crippen LogP contribution in [0.4, 0.5) is 0 Å². The molecule has 90 valence electrons. The second-order valence-electron chi connectivity index (χ2n) is 4.28. The topological polar surface area (TPSA) is 24.9 Å². The van der Waals surface area contributed by atoms with Gasteiger partial charge in [0.15, 0.2) is 0 Å². The van der Waals surface area contributed by atoms with Crippen LogP contribution in [0.3, 0.4) is 0 Å². The van der Waals surface area contributed by atoms with E-state index in [-0.39, 0.29) is 0 Å². The number of hydrogen-bond donors (Lipinski definition) is 1. The second-order valence-corrected chi connectivity index (χ2v) is 4.28. The monoisotopic (exact) mass is 220 g/mol. The minimum Gasteiger partial charge on any atom is -0.310 e. The van der Waals surface area contributed by atoms with Crippen LogP contribution in [0.2, 0.25) is 0 Å². The van der Waals surface area contributed by atoms with Crippen LogP contribution < -0.4 is 5.32 Å². The Balaban J connectivity index is 2.49. The molecule has 1 heterocycles. The van der Waals surface area contributed by atoms with E-state index >= 15 is 0 Å². The summed E-state index contributed by atoms with van der Waals surface area (Å²) in [7, 11) is 0. The average Bonchev–Trinajstić information content (AvgIpc) is 2.35. The maximum Gasteiger partial charge on any atom is 0.0321 e. The Bertz CT molecular complexity index is 259. The van der Waals surface area contributed by atoms with E-state index in [1.165, 1.54) is 37.7 Å². The highest BCUT2D eigenvalue weighted by molar-refractivity contribution is 5.14. The van der Waals surface area contributed by atoms with Crippen LogP contribution >= 0.6 is 0 Å². The largest absolute Gasteiger partial charge is 0.310 e. The first-order chi connectivity index (χ1) is 7.88. The predicted molar refractivity (Wildman–Crippen MR) is 69.4 cm³/mol. The molecule has 0 bridgehead atoms. The SMILES string of the molecule is CCCCCC(NCCC)c1ccncc1. The minimum absolute atomic E-state index is 0.509. The quantitative estimate of drug-likeness (QED) is 0.676. The average molecular weight is 220 g/mol. The van der Waals surface area contributed by atoms with Crippen LogP contribution in [0.15, 0.2) is 24.5 Å². The molecule has 0 spiro atoms. The molecule has 2 heteroatoms. The smallest absolute Gasteiger partial charge is 0.0321 e. The van der Waals surface area contributed by atoms with Crippen molar-refractivity contribution in [3.05, 3.63) is 30.1 Å². The minimum atomic E-state index is 0.509. The molecule has 0 amide bonds. The number of aromatic nitrogens is 1. The molecule has 0 saturated heterocycles. The van der Waals surface area contributed by atoms with E-state index < -0.39 is 0 Å². The van der Waals surface area contributed by atoms with Gasteiger partial charge in [-0.3, -0.25) is 4.98 Å². The van der Waals surface area contributed by atoms with Gasteiger partial charge in [0.1, 0.15) is 0 Å². The molecule has 1 aromatic heterocycles. The lowest BCUT2D eigenvalue weighted by atomic mass is 10.0. The number of nitrogens with zero attached hydrogens (tertiary/aromatic N) is 1. The van der Waals surface area contributed by atoms with Gasteiger partial charge in [-0.25, -0.2) is 0 Å². The van der Waals surface area contributed by atoms with Crippen LogP contribution in [-0.4, -0.2) is 11.5 Å². The van der Waals surface area contributed by atoms with E-state index in [0.717, 1.165) is 6.54 Å². The van der Waals surface area contributed by atoms with Gasteiger partial charge in [-0.2, -0.15) is 0 Å². The van der Waals surface area contributed by atoms with E-state index in [2.05, 4.69) is 36.3 Å². The lowest BCUT2D eigenvalue weighted by molar-refractivity contribution is 0.474. The Morgan fingerprint density at radius 2 is 1.88 bits per heavy atom. The van der Waals surface area contributed by atoms with Crippen molar-refractivity contribution in [2.75, 3.05) is 6.54 Å². The van der Waals surface area contributed by atoms with Crippen molar-refractivity contribution in [1.82, 2.24) is 10.3 Å². The summed E-state index contributed by atoms with van der Waals surface area (Å²) in [5, 5.41) is 3.62. The molecule has 1 unspecified atom stereocenters. The molecule has 0 aliphatic heterocycles. The molecular formula is C14H24N2. The van der Waals surface area contributed by atoms with Gasteiger partial charge < -0.3 is 5.32 Å². The summed E-state index contributed by atoms with van der Waals surface area (Å²) in [6.07, 6.45) is 10.1. The van der Waals surface area contributed by atoms with Gasteiger partial charge in [0.05, 0.1) is 0 Å². The van der Waals surface area contributed by atoms with E-state index in [0.29, 0.717) is 6.04 Å². The van der Waals surface area contributed by atoms with E-state index in [1.54, 1.807) is 0 Å². The Labute approximate surface area is 99.5 Å². The summed E-state index contributed by atoms with van der Waals surface area (Å²) in [6, 6.07) is 4.76. The summed E-state index contributed by atoms with van der Waals surface area (Å²) < 4.78 is 0. The van der Waals surface area contributed by atoms with Gasteiger partial charge in [-0.15, -0.1) is 0 Å². The van der Waals surface area contributed by atoms with Gasteiger partial charge in [-0.05, 0) is 37.1 Å². The Morgan fingerprint density at radius 1 is 1.12 bits per heavy atom. The molecule has 2 nitrogen and oxygen atoms in total. The van der Waals surface area contributed by atoms with Gasteiger partial charge in [0.25, 0.3) is 0 Å². The first-order valence-electron chi connectivity index (χ1n) is 6.51.